The first-order chi connectivity index (χ1) is 7.63. The van der Waals surface area contributed by atoms with Gasteiger partial charge in [0.15, 0.2) is 5.82 Å². The lowest BCUT2D eigenvalue weighted by Crippen LogP contribution is -2.10. The van der Waals surface area contributed by atoms with Crippen LogP contribution in [0.1, 0.15) is 0 Å². The predicted octanol–water partition coefficient (Wildman–Crippen LogP) is 1.47. The number of hydrogen-bond donors (Lipinski definition) is 2. The third kappa shape index (κ3) is 1.65. The maximum atomic E-state index is 13.7. The minimum atomic E-state index is -0.472. The third-order valence-electron chi connectivity index (χ3n) is 2.12. The van der Waals surface area contributed by atoms with Gasteiger partial charge in [0.2, 0.25) is 4.77 Å². The number of hydrogen-bond acceptors (Lipinski definition) is 4. The number of H-pyrrole nitrogens is 1. The van der Waals surface area contributed by atoms with Crippen molar-refractivity contribution < 1.29 is 9.13 Å². The van der Waals surface area contributed by atoms with E-state index in [0.717, 1.165) is 4.68 Å². The first kappa shape index (κ1) is 10.6. The third-order valence-corrected chi connectivity index (χ3v) is 2.41. The van der Waals surface area contributed by atoms with Crippen LogP contribution in [0.2, 0.25) is 0 Å². The van der Waals surface area contributed by atoms with Gasteiger partial charge in [0.1, 0.15) is 11.6 Å². The zero-order valence-electron chi connectivity index (χ0n) is 8.40. The average molecular weight is 240 g/mol. The van der Waals surface area contributed by atoms with Crippen molar-refractivity contribution >= 4 is 12.2 Å². The number of nitrogens with one attached hydrogen (secondary N) is 1. The Bertz CT molecular complexity index is 577. The first-order valence-corrected chi connectivity index (χ1v) is 4.80. The maximum Gasteiger partial charge on any atom is 0.214 e. The average Bonchev–Trinajstić information content (AvgIpc) is 2.60. The molecule has 5 nitrogen and oxygen atoms in total. The molecule has 0 unspecified atom stereocenters. The lowest BCUT2D eigenvalue weighted by Gasteiger charge is -2.04. The lowest BCUT2D eigenvalue weighted by molar-refractivity contribution is 0.411. The van der Waals surface area contributed by atoms with Gasteiger partial charge in [0.25, 0.3) is 0 Å². The van der Waals surface area contributed by atoms with Crippen molar-refractivity contribution in [3.05, 3.63) is 28.8 Å². The van der Waals surface area contributed by atoms with Crippen LogP contribution in [-0.2, 0) is 0 Å². The molecule has 1 aromatic carbocycles. The van der Waals surface area contributed by atoms with Crippen LogP contribution in [0.15, 0.2) is 18.2 Å². The van der Waals surface area contributed by atoms with Crippen LogP contribution in [0.25, 0.3) is 11.4 Å². The number of nitrogens with zero attached hydrogens (tertiary/aromatic N) is 2. The van der Waals surface area contributed by atoms with Crippen molar-refractivity contribution in [1.29, 1.82) is 0 Å². The Morgan fingerprint density at radius 1 is 1.56 bits per heavy atom. The van der Waals surface area contributed by atoms with E-state index >= 15 is 0 Å². The molecule has 7 heteroatoms. The molecule has 0 aliphatic rings. The second-order valence-electron chi connectivity index (χ2n) is 3.07. The summed E-state index contributed by atoms with van der Waals surface area (Å²) in [5.41, 5.74) is 0.260. The normalized spacial score (nSPS) is 10.4. The topological polar surface area (TPSA) is 68.9 Å². The molecular formula is C9H9FN4OS. The van der Waals surface area contributed by atoms with Gasteiger partial charge in [-0.1, -0.05) is 0 Å². The molecule has 0 fully saturated rings. The van der Waals surface area contributed by atoms with Gasteiger partial charge < -0.3 is 10.6 Å². The van der Waals surface area contributed by atoms with E-state index in [2.05, 4.69) is 10.2 Å². The number of nitrogen functional groups attached to an aromatic ring is 1. The highest BCUT2D eigenvalue weighted by atomic mass is 32.1. The van der Waals surface area contributed by atoms with Crippen molar-refractivity contribution in [1.82, 2.24) is 14.9 Å². The van der Waals surface area contributed by atoms with Crippen LogP contribution in [0.5, 0.6) is 5.75 Å². The van der Waals surface area contributed by atoms with Crippen LogP contribution < -0.4 is 10.6 Å². The fourth-order valence-corrected chi connectivity index (χ4v) is 1.43. The maximum absolute atomic E-state index is 13.7. The fraction of sp³-hybridized carbons (Fsp3) is 0.111. The molecule has 2 aromatic rings. The minimum absolute atomic E-state index is 0.227. The summed E-state index contributed by atoms with van der Waals surface area (Å²) >= 11 is 4.84. The van der Waals surface area contributed by atoms with E-state index < -0.39 is 5.82 Å². The number of halogens is 1. The molecule has 0 spiro atoms. The van der Waals surface area contributed by atoms with E-state index in [1.807, 2.05) is 0 Å². The number of methoxy groups -OCH3 is 1. The van der Waals surface area contributed by atoms with E-state index in [1.165, 1.54) is 19.2 Å². The molecule has 1 heterocycles. The Morgan fingerprint density at radius 2 is 2.31 bits per heavy atom. The summed E-state index contributed by atoms with van der Waals surface area (Å²) in [5, 5.41) is 6.33. The molecule has 0 aliphatic carbocycles. The molecule has 84 valence electrons. The molecule has 0 bridgehead atoms. The number of ether oxygens (including phenoxy) is 1. The van der Waals surface area contributed by atoms with Crippen molar-refractivity contribution in [2.45, 2.75) is 0 Å². The largest absolute Gasteiger partial charge is 0.497 e. The fourth-order valence-electron chi connectivity index (χ4n) is 1.30. The zero-order valence-corrected chi connectivity index (χ0v) is 9.21. The summed E-state index contributed by atoms with van der Waals surface area (Å²) in [6, 6.07) is 4.41. The monoisotopic (exact) mass is 240 g/mol. The van der Waals surface area contributed by atoms with Crippen LogP contribution in [0.4, 0.5) is 4.39 Å². The molecule has 0 amide bonds. The van der Waals surface area contributed by atoms with Gasteiger partial charge in [0.05, 0.1) is 12.7 Å². The van der Waals surface area contributed by atoms with Gasteiger partial charge >= 0.3 is 0 Å². The number of aromatic nitrogens is 3. The smallest absolute Gasteiger partial charge is 0.214 e. The zero-order chi connectivity index (χ0) is 11.7. The van der Waals surface area contributed by atoms with E-state index in [-0.39, 0.29) is 16.2 Å². The summed E-state index contributed by atoms with van der Waals surface area (Å²) in [5.74, 6) is 5.79. The predicted molar refractivity (Wildman–Crippen MR) is 59.5 cm³/mol. The summed E-state index contributed by atoms with van der Waals surface area (Å²) in [4.78, 5) is 0. The molecule has 16 heavy (non-hydrogen) atoms. The van der Waals surface area contributed by atoms with Crippen molar-refractivity contribution in [3.8, 4) is 17.1 Å². The molecule has 3 N–H and O–H groups in total. The van der Waals surface area contributed by atoms with Crippen molar-refractivity contribution in [3.63, 3.8) is 0 Å². The number of benzene rings is 1. The molecule has 1 aromatic heterocycles. The first-order valence-electron chi connectivity index (χ1n) is 4.40. The van der Waals surface area contributed by atoms with E-state index in [4.69, 9.17) is 22.8 Å². The number of nitrogens with two attached hydrogens (primary N) is 1. The Balaban J connectivity index is 2.57. The minimum Gasteiger partial charge on any atom is -0.497 e. The van der Waals surface area contributed by atoms with Gasteiger partial charge in [-0.15, -0.1) is 0 Å². The molecular weight excluding hydrogens is 231 g/mol. The van der Waals surface area contributed by atoms with Crippen LogP contribution >= 0.6 is 12.2 Å². The summed E-state index contributed by atoms with van der Waals surface area (Å²) in [6.45, 7) is 0. The van der Waals surface area contributed by atoms with E-state index in [9.17, 15) is 4.39 Å². The number of rotatable bonds is 2. The SMILES string of the molecule is COc1ccc(-c2n[nH]c(=S)n2N)c(F)c1. The second kappa shape index (κ2) is 3.93. The molecule has 0 radical (unpaired) electrons. The lowest BCUT2D eigenvalue weighted by atomic mass is 10.2. The highest BCUT2D eigenvalue weighted by Crippen LogP contribution is 2.23. The van der Waals surface area contributed by atoms with Gasteiger partial charge in [-0.25, -0.2) is 14.2 Å². The van der Waals surface area contributed by atoms with Gasteiger partial charge in [0, 0.05) is 6.07 Å². The molecule has 0 saturated carbocycles. The van der Waals surface area contributed by atoms with Gasteiger partial charge in [-0.05, 0) is 24.4 Å². The molecule has 0 aliphatic heterocycles. The quantitative estimate of drug-likeness (QED) is 0.616. The standard InChI is InChI=1S/C9H9FN4OS/c1-15-5-2-3-6(7(10)4-5)8-12-13-9(16)14(8)11/h2-4H,11H2,1H3,(H,13,16). The van der Waals surface area contributed by atoms with E-state index in [1.54, 1.807) is 6.07 Å². The second-order valence-corrected chi connectivity index (χ2v) is 3.45. The van der Waals surface area contributed by atoms with E-state index in [0.29, 0.717) is 5.75 Å². The van der Waals surface area contributed by atoms with Crippen LogP contribution in [0.3, 0.4) is 0 Å². The Kier molecular flexibility index (Phi) is 2.61. The highest BCUT2D eigenvalue weighted by molar-refractivity contribution is 7.71. The molecule has 0 atom stereocenters. The van der Waals surface area contributed by atoms with Crippen LogP contribution in [-0.4, -0.2) is 22.0 Å². The Labute approximate surface area is 95.6 Å². The number of aromatic amines is 1. The van der Waals surface area contributed by atoms with Crippen LogP contribution in [0, 0.1) is 10.6 Å². The van der Waals surface area contributed by atoms with Gasteiger partial charge in [-0.2, -0.15) is 5.10 Å². The molecule has 2 rings (SSSR count). The highest BCUT2D eigenvalue weighted by Gasteiger charge is 2.12. The summed E-state index contributed by atoms with van der Waals surface area (Å²) in [7, 11) is 1.47. The Morgan fingerprint density at radius 3 is 2.81 bits per heavy atom. The van der Waals surface area contributed by atoms with Crippen molar-refractivity contribution in [2.75, 3.05) is 13.0 Å². The van der Waals surface area contributed by atoms with Gasteiger partial charge in [-0.3, -0.25) is 0 Å². The Hall–Kier alpha value is -1.89. The molecule has 0 saturated heterocycles. The summed E-state index contributed by atoms with van der Waals surface area (Å²) in [6.07, 6.45) is 0. The van der Waals surface area contributed by atoms with Crippen molar-refractivity contribution in [2.24, 2.45) is 0 Å². The summed E-state index contributed by atoms with van der Waals surface area (Å²) < 4.78 is 19.9.